The minimum Gasteiger partial charge on any atom is -0.353 e. The Labute approximate surface area is 141 Å². The van der Waals surface area contributed by atoms with Gasteiger partial charge in [0, 0.05) is 31.7 Å². The van der Waals surface area contributed by atoms with Crippen molar-refractivity contribution in [3.8, 4) is 6.19 Å². The Morgan fingerprint density at radius 2 is 2.29 bits per heavy atom. The third-order valence-corrected chi connectivity index (χ3v) is 4.37. The van der Waals surface area contributed by atoms with Crippen molar-refractivity contribution in [2.24, 2.45) is 5.92 Å². The number of pyridine rings is 1. The molecule has 24 heavy (non-hydrogen) atoms. The number of likely N-dealkylation sites (N-methyl/N-ethyl adjacent to an activating group) is 1. The predicted molar refractivity (Wildman–Crippen MR) is 89.7 cm³/mol. The minimum absolute atomic E-state index is 0.0739. The minimum atomic E-state index is -0.857. The lowest BCUT2D eigenvalue weighted by Crippen LogP contribution is -2.65. The van der Waals surface area contributed by atoms with Gasteiger partial charge in [0.05, 0.1) is 5.92 Å². The first-order chi connectivity index (χ1) is 11.7. The first kappa shape index (κ1) is 16.0. The molecule has 2 aliphatic rings. The molecular formula is C17H20N6O. The molecule has 124 valence electrons. The topological polar surface area (TPSA) is 93.1 Å². The Balaban J connectivity index is 1.77. The summed E-state index contributed by atoms with van der Waals surface area (Å²) in [7, 11) is 1.78. The van der Waals surface area contributed by atoms with Gasteiger partial charge in [-0.15, -0.1) is 0 Å². The molecule has 7 nitrogen and oxygen atoms in total. The van der Waals surface area contributed by atoms with Gasteiger partial charge < -0.3 is 15.5 Å². The van der Waals surface area contributed by atoms with E-state index in [-0.39, 0.29) is 11.8 Å². The van der Waals surface area contributed by atoms with Crippen LogP contribution in [0.5, 0.6) is 0 Å². The molecule has 3 heterocycles. The molecule has 1 saturated heterocycles. The second-order valence-electron chi connectivity index (χ2n) is 5.89. The Hall–Kier alpha value is -2.85. The van der Waals surface area contributed by atoms with Crippen molar-refractivity contribution < 1.29 is 4.79 Å². The average molecular weight is 324 g/mol. The van der Waals surface area contributed by atoms with Crippen molar-refractivity contribution in [2.45, 2.75) is 12.2 Å². The highest BCUT2D eigenvalue weighted by molar-refractivity contribution is 5.82. The molecule has 0 radical (unpaired) electrons. The number of hydrogen-bond acceptors (Lipinski definition) is 6. The van der Waals surface area contributed by atoms with E-state index in [1.807, 2.05) is 30.5 Å². The lowest BCUT2D eigenvalue weighted by atomic mass is 10.0. The highest BCUT2D eigenvalue weighted by Gasteiger charge is 2.34. The van der Waals surface area contributed by atoms with Gasteiger partial charge in [-0.25, -0.2) is 0 Å². The van der Waals surface area contributed by atoms with Crippen LogP contribution in [0.25, 0.3) is 5.57 Å². The van der Waals surface area contributed by atoms with Crippen molar-refractivity contribution in [1.82, 2.24) is 25.8 Å². The van der Waals surface area contributed by atoms with Gasteiger partial charge in [-0.3, -0.25) is 15.1 Å². The quantitative estimate of drug-likeness (QED) is 0.547. The Morgan fingerprint density at radius 3 is 2.96 bits per heavy atom. The molecule has 1 unspecified atom stereocenters. The van der Waals surface area contributed by atoms with Gasteiger partial charge in [-0.05, 0) is 48.9 Å². The van der Waals surface area contributed by atoms with E-state index in [0.717, 1.165) is 11.1 Å². The van der Waals surface area contributed by atoms with E-state index in [1.165, 1.54) is 0 Å². The van der Waals surface area contributed by atoms with E-state index in [1.54, 1.807) is 24.3 Å². The van der Waals surface area contributed by atoms with Crippen molar-refractivity contribution in [3.05, 3.63) is 48.4 Å². The van der Waals surface area contributed by atoms with Gasteiger partial charge in [0.2, 0.25) is 5.91 Å². The smallest absolute Gasteiger partial charge is 0.228 e. The van der Waals surface area contributed by atoms with Gasteiger partial charge in [0.25, 0.3) is 0 Å². The molecule has 1 aromatic heterocycles. The number of dihydropyridines is 1. The summed E-state index contributed by atoms with van der Waals surface area (Å²) in [6.07, 6.45) is 12.0. The SMILES string of the molecule is CNC1(NC(=O)[C@H]2CCN(C#N)C2)C=C(c2ccncc2)C=CN1. The van der Waals surface area contributed by atoms with Crippen molar-refractivity contribution in [2.75, 3.05) is 20.1 Å². The summed E-state index contributed by atoms with van der Waals surface area (Å²) in [5, 5.41) is 18.3. The number of aromatic nitrogens is 1. The molecule has 3 N–H and O–H groups in total. The van der Waals surface area contributed by atoms with Crippen LogP contribution >= 0.6 is 0 Å². The van der Waals surface area contributed by atoms with Gasteiger partial charge in [0.15, 0.2) is 12.0 Å². The summed E-state index contributed by atoms with van der Waals surface area (Å²) in [4.78, 5) is 18.2. The first-order valence-electron chi connectivity index (χ1n) is 7.89. The second kappa shape index (κ2) is 6.72. The van der Waals surface area contributed by atoms with Crippen molar-refractivity contribution >= 4 is 11.5 Å². The lowest BCUT2D eigenvalue weighted by molar-refractivity contribution is -0.126. The molecular weight excluding hydrogens is 304 g/mol. The zero-order chi connectivity index (χ0) is 17.0. The number of carbonyl (C=O) groups excluding carboxylic acids is 1. The maximum atomic E-state index is 12.6. The monoisotopic (exact) mass is 324 g/mol. The second-order valence-corrected chi connectivity index (χ2v) is 5.89. The standard InChI is InChI=1S/C17H20N6O/c1-19-17(22-16(24)15-5-9-23(11-15)12-18)10-14(4-8-21-17)13-2-6-20-7-3-13/h2-4,6-8,10,15,19,21H,5,9,11H2,1H3,(H,22,24)/t15-,17?/m0/s1. The lowest BCUT2D eigenvalue weighted by Gasteiger charge is -2.35. The van der Waals surface area contributed by atoms with Crippen molar-refractivity contribution in [3.63, 3.8) is 0 Å². The number of allylic oxidation sites excluding steroid dienone is 2. The van der Waals surface area contributed by atoms with Crippen LogP contribution in [0.4, 0.5) is 0 Å². The van der Waals surface area contributed by atoms with Crippen LogP contribution in [0.3, 0.4) is 0 Å². The van der Waals surface area contributed by atoms with Gasteiger partial charge in [-0.1, -0.05) is 0 Å². The molecule has 1 amide bonds. The number of amides is 1. The molecule has 0 bridgehead atoms. The van der Waals surface area contributed by atoms with Crippen LogP contribution in [0.2, 0.25) is 0 Å². The average Bonchev–Trinajstić information content (AvgIpc) is 3.12. The maximum Gasteiger partial charge on any atom is 0.228 e. The Kier molecular flexibility index (Phi) is 4.49. The fourth-order valence-corrected chi connectivity index (χ4v) is 2.95. The van der Waals surface area contributed by atoms with E-state index in [0.29, 0.717) is 19.5 Å². The van der Waals surface area contributed by atoms with Crippen LogP contribution in [-0.4, -0.2) is 41.7 Å². The third-order valence-electron chi connectivity index (χ3n) is 4.37. The van der Waals surface area contributed by atoms with Crippen molar-refractivity contribution in [1.29, 1.82) is 5.26 Å². The number of likely N-dealkylation sites (tertiary alicyclic amines) is 1. The number of carbonyl (C=O) groups is 1. The fraction of sp³-hybridized carbons (Fsp3) is 0.353. The predicted octanol–water partition coefficient (Wildman–Crippen LogP) is 0.374. The normalized spacial score (nSPS) is 25.6. The molecule has 7 heteroatoms. The van der Waals surface area contributed by atoms with E-state index < -0.39 is 5.79 Å². The Morgan fingerprint density at radius 1 is 1.50 bits per heavy atom. The van der Waals surface area contributed by atoms with Crippen LogP contribution in [0.1, 0.15) is 12.0 Å². The first-order valence-corrected chi connectivity index (χ1v) is 7.89. The largest absolute Gasteiger partial charge is 0.353 e. The molecule has 1 fully saturated rings. The molecule has 0 saturated carbocycles. The number of nitrogens with zero attached hydrogens (tertiary/aromatic N) is 3. The molecule has 2 atom stereocenters. The number of nitrogens with one attached hydrogen (secondary N) is 3. The van der Waals surface area contributed by atoms with E-state index >= 15 is 0 Å². The summed E-state index contributed by atoms with van der Waals surface area (Å²) in [5.41, 5.74) is 2.00. The van der Waals surface area contributed by atoms with Gasteiger partial charge in [0.1, 0.15) is 0 Å². The number of hydrogen-bond donors (Lipinski definition) is 3. The third kappa shape index (κ3) is 3.24. The number of rotatable bonds is 4. The van der Waals surface area contributed by atoms with Gasteiger partial charge >= 0.3 is 0 Å². The zero-order valence-corrected chi connectivity index (χ0v) is 13.5. The van der Waals surface area contributed by atoms with E-state index in [2.05, 4.69) is 27.1 Å². The highest BCUT2D eigenvalue weighted by atomic mass is 16.2. The molecule has 0 spiro atoms. The molecule has 3 rings (SSSR count). The maximum absolute atomic E-state index is 12.6. The number of nitriles is 1. The Bertz CT molecular complexity index is 708. The van der Waals surface area contributed by atoms with Crippen LogP contribution < -0.4 is 16.0 Å². The molecule has 1 aromatic rings. The van der Waals surface area contributed by atoms with Crippen LogP contribution in [-0.2, 0) is 4.79 Å². The summed E-state index contributed by atoms with van der Waals surface area (Å²) in [6.45, 7) is 1.10. The molecule has 0 aliphatic carbocycles. The van der Waals surface area contributed by atoms with Crippen LogP contribution in [0, 0.1) is 17.4 Å². The van der Waals surface area contributed by atoms with Crippen LogP contribution in [0.15, 0.2) is 42.9 Å². The summed E-state index contributed by atoms with van der Waals surface area (Å²) < 4.78 is 0. The molecule has 0 aromatic carbocycles. The molecule has 2 aliphatic heterocycles. The summed E-state index contributed by atoms with van der Waals surface area (Å²) in [5.74, 6) is -1.11. The van der Waals surface area contributed by atoms with Gasteiger partial charge in [-0.2, -0.15) is 5.26 Å². The fourth-order valence-electron chi connectivity index (χ4n) is 2.95. The van der Waals surface area contributed by atoms with E-state index in [9.17, 15) is 4.79 Å². The zero-order valence-electron chi connectivity index (χ0n) is 13.5. The summed E-state index contributed by atoms with van der Waals surface area (Å²) in [6, 6.07) is 3.84. The van der Waals surface area contributed by atoms with E-state index in [4.69, 9.17) is 5.26 Å². The summed E-state index contributed by atoms with van der Waals surface area (Å²) >= 11 is 0. The highest BCUT2D eigenvalue weighted by Crippen LogP contribution is 2.22.